The van der Waals surface area contributed by atoms with Gasteiger partial charge in [0.1, 0.15) is 6.54 Å². The van der Waals surface area contributed by atoms with Crippen LogP contribution in [0.2, 0.25) is 0 Å². The maximum Gasteiger partial charge on any atom is 0.389 e. The number of hydrogen-bond donors (Lipinski definition) is 1. The van der Waals surface area contributed by atoms with E-state index < -0.39 is 4.92 Å². The Kier molecular flexibility index (Phi) is 5.70. The smallest absolute Gasteiger partial charge is 0.358 e. The Labute approximate surface area is 160 Å². The Hall–Kier alpha value is -2.22. The molecule has 3 rings (SSSR count). The summed E-state index contributed by atoms with van der Waals surface area (Å²) in [5.74, 6) is -0.415. The van der Waals surface area contributed by atoms with E-state index in [9.17, 15) is 14.9 Å². The van der Waals surface area contributed by atoms with Crippen molar-refractivity contribution in [1.29, 1.82) is 0 Å². The molecule has 1 heterocycles. The molecule has 0 saturated heterocycles. The molecule has 138 valence electrons. The van der Waals surface area contributed by atoms with Crippen molar-refractivity contribution in [3.05, 3.63) is 56.7 Å². The standard InChI is InChI=1S/C18H21BrN4O3/c19-15-6-4-14(5-7-15)12-18(9-2-1-3-10-18)20-17(24)13-22-11-8-16(21-22)23(25)26/h4-8,11H,1-3,9-10,12-13H2,(H,20,24). The maximum atomic E-state index is 12.6. The third-order valence-electron chi connectivity index (χ3n) is 4.79. The van der Waals surface area contributed by atoms with E-state index in [1.165, 1.54) is 28.9 Å². The first-order valence-electron chi connectivity index (χ1n) is 8.69. The Morgan fingerprint density at radius 3 is 2.54 bits per heavy atom. The molecule has 0 unspecified atom stereocenters. The fourth-order valence-electron chi connectivity index (χ4n) is 3.59. The van der Waals surface area contributed by atoms with Gasteiger partial charge in [-0.2, -0.15) is 4.68 Å². The molecular formula is C18H21BrN4O3. The molecule has 1 saturated carbocycles. The van der Waals surface area contributed by atoms with Gasteiger partial charge in [-0.1, -0.05) is 47.3 Å². The van der Waals surface area contributed by atoms with Crippen LogP contribution in [-0.4, -0.2) is 26.1 Å². The van der Waals surface area contributed by atoms with Crippen LogP contribution in [0.15, 0.2) is 41.0 Å². The molecule has 1 aliphatic carbocycles. The SMILES string of the molecule is O=C(Cn1ccc([N+](=O)[O-])n1)NC1(Cc2ccc(Br)cc2)CCCCC1. The van der Waals surface area contributed by atoms with Crippen molar-refractivity contribution in [3.8, 4) is 0 Å². The fraction of sp³-hybridized carbons (Fsp3) is 0.444. The van der Waals surface area contributed by atoms with Crippen LogP contribution in [0.1, 0.15) is 37.7 Å². The third-order valence-corrected chi connectivity index (χ3v) is 5.32. The van der Waals surface area contributed by atoms with Gasteiger partial charge in [-0.25, -0.2) is 0 Å². The number of nitro groups is 1. The summed E-state index contributed by atoms with van der Waals surface area (Å²) in [6.07, 6.45) is 7.48. The summed E-state index contributed by atoms with van der Waals surface area (Å²) in [7, 11) is 0. The van der Waals surface area contributed by atoms with Crippen LogP contribution in [0.25, 0.3) is 0 Å². The number of aromatic nitrogens is 2. The maximum absolute atomic E-state index is 12.6. The average Bonchev–Trinajstić information content (AvgIpc) is 3.06. The zero-order valence-electron chi connectivity index (χ0n) is 14.4. The van der Waals surface area contributed by atoms with Crippen molar-refractivity contribution >= 4 is 27.7 Å². The molecule has 1 amide bonds. The molecular weight excluding hydrogens is 400 g/mol. The molecule has 1 aromatic carbocycles. The van der Waals surface area contributed by atoms with Crippen molar-refractivity contribution in [2.45, 2.75) is 50.6 Å². The normalized spacial score (nSPS) is 16.2. The highest BCUT2D eigenvalue weighted by atomic mass is 79.9. The monoisotopic (exact) mass is 420 g/mol. The van der Waals surface area contributed by atoms with Gasteiger partial charge in [0.05, 0.1) is 17.4 Å². The lowest BCUT2D eigenvalue weighted by molar-refractivity contribution is -0.389. The highest BCUT2D eigenvalue weighted by Gasteiger charge is 2.34. The molecule has 1 N–H and O–H groups in total. The molecule has 0 radical (unpaired) electrons. The van der Waals surface area contributed by atoms with Gasteiger partial charge in [-0.05, 0) is 41.9 Å². The molecule has 8 heteroatoms. The van der Waals surface area contributed by atoms with Crippen molar-refractivity contribution < 1.29 is 9.72 Å². The number of carbonyl (C=O) groups is 1. The molecule has 0 bridgehead atoms. The van der Waals surface area contributed by atoms with E-state index in [2.05, 4.69) is 38.5 Å². The molecule has 0 spiro atoms. The summed E-state index contributed by atoms with van der Waals surface area (Å²) in [6.45, 7) is -0.0179. The molecule has 26 heavy (non-hydrogen) atoms. The second-order valence-corrected chi connectivity index (χ2v) is 7.74. The Balaban J connectivity index is 1.69. The average molecular weight is 421 g/mol. The molecule has 0 atom stereocenters. The quantitative estimate of drug-likeness (QED) is 0.570. The predicted molar refractivity (Wildman–Crippen MR) is 101 cm³/mol. The van der Waals surface area contributed by atoms with Crippen LogP contribution in [-0.2, 0) is 17.8 Å². The first-order chi connectivity index (χ1) is 12.5. The van der Waals surface area contributed by atoms with Gasteiger partial charge in [0.2, 0.25) is 5.91 Å². The molecule has 0 aliphatic heterocycles. The predicted octanol–water partition coefficient (Wildman–Crippen LogP) is 3.62. The van der Waals surface area contributed by atoms with E-state index >= 15 is 0 Å². The van der Waals surface area contributed by atoms with Crippen LogP contribution in [0.3, 0.4) is 0 Å². The third kappa shape index (κ3) is 4.69. The summed E-state index contributed by atoms with van der Waals surface area (Å²) in [4.78, 5) is 22.7. The Morgan fingerprint density at radius 2 is 1.92 bits per heavy atom. The van der Waals surface area contributed by atoms with Crippen molar-refractivity contribution in [2.75, 3.05) is 0 Å². The van der Waals surface area contributed by atoms with E-state index in [1.54, 1.807) is 0 Å². The van der Waals surface area contributed by atoms with E-state index in [0.717, 1.165) is 36.6 Å². The molecule has 2 aromatic rings. The van der Waals surface area contributed by atoms with Gasteiger partial charge in [0.15, 0.2) is 0 Å². The molecule has 1 aromatic heterocycles. The lowest BCUT2D eigenvalue weighted by atomic mass is 9.77. The Morgan fingerprint density at radius 1 is 1.23 bits per heavy atom. The summed E-state index contributed by atoms with van der Waals surface area (Å²) in [5, 5.41) is 17.7. The summed E-state index contributed by atoms with van der Waals surface area (Å²) in [6, 6.07) is 9.46. The number of amides is 1. The Bertz CT molecular complexity index is 782. The number of halogens is 1. The number of hydrogen-bond acceptors (Lipinski definition) is 4. The van der Waals surface area contributed by atoms with Crippen LogP contribution in [0.5, 0.6) is 0 Å². The molecule has 7 nitrogen and oxygen atoms in total. The summed E-state index contributed by atoms with van der Waals surface area (Å²) in [5.41, 5.74) is 0.924. The van der Waals surface area contributed by atoms with Crippen LogP contribution in [0, 0.1) is 10.1 Å². The van der Waals surface area contributed by atoms with Crippen LogP contribution < -0.4 is 5.32 Å². The highest BCUT2D eigenvalue weighted by Crippen LogP contribution is 2.32. The van der Waals surface area contributed by atoms with Gasteiger partial charge in [0.25, 0.3) is 0 Å². The lowest BCUT2D eigenvalue weighted by Gasteiger charge is -2.38. The van der Waals surface area contributed by atoms with Crippen molar-refractivity contribution in [1.82, 2.24) is 15.1 Å². The van der Waals surface area contributed by atoms with Gasteiger partial charge < -0.3 is 15.4 Å². The summed E-state index contributed by atoms with van der Waals surface area (Å²) < 4.78 is 2.34. The highest BCUT2D eigenvalue weighted by molar-refractivity contribution is 9.10. The summed E-state index contributed by atoms with van der Waals surface area (Å²) >= 11 is 3.45. The largest absolute Gasteiger partial charge is 0.389 e. The van der Waals surface area contributed by atoms with E-state index in [-0.39, 0.29) is 23.8 Å². The number of nitrogens with one attached hydrogen (secondary N) is 1. The second kappa shape index (κ2) is 7.99. The minimum atomic E-state index is -0.565. The van der Waals surface area contributed by atoms with Crippen molar-refractivity contribution in [3.63, 3.8) is 0 Å². The minimum absolute atomic E-state index is 0.0179. The topological polar surface area (TPSA) is 90.1 Å². The van der Waals surface area contributed by atoms with Gasteiger partial charge in [-0.15, -0.1) is 0 Å². The molecule has 1 fully saturated rings. The van der Waals surface area contributed by atoms with Crippen LogP contribution in [0.4, 0.5) is 5.82 Å². The van der Waals surface area contributed by atoms with E-state index in [1.807, 2.05) is 12.1 Å². The zero-order chi connectivity index (χ0) is 18.6. The zero-order valence-corrected chi connectivity index (χ0v) is 15.9. The van der Waals surface area contributed by atoms with Crippen molar-refractivity contribution in [2.24, 2.45) is 0 Å². The fourth-order valence-corrected chi connectivity index (χ4v) is 3.85. The van der Waals surface area contributed by atoms with E-state index in [0.29, 0.717) is 0 Å². The number of benzene rings is 1. The molecule has 1 aliphatic rings. The lowest BCUT2D eigenvalue weighted by Crippen LogP contribution is -2.52. The van der Waals surface area contributed by atoms with E-state index in [4.69, 9.17) is 0 Å². The number of nitrogens with zero attached hydrogens (tertiary/aromatic N) is 3. The minimum Gasteiger partial charge on any atom is -0.358 e. The first-order valence-corrected chi connectivity index (χ1v) is 9.48. The van der Waals surface area contributed by atoms with Gasteiger partial charge >= 0.3 is 5.82 Å². The van der Waals surface area contributed by atoms with Crippen LogP contribution >= 0.6 is 15.9 Å². The number of rotatable bonds is 6. The van der Waals surface area contributed by atoms with Gasteiger partial charge in [0, 0.05) is 10.0 Å². The second-order valence-electron chi connectivity index (χ2n) is 6.82. The number of carbonyl (C=O) groups excluding carboxylic acids is 1. The van der Waals surface area contributed by atoms with Gasteiger partial charge in [-0.3, -0.25) is 4.79 Å². The first kappa shape index (κ1) is 18.6.